The molecule has 0 aliphatic carbocycles. The van der Waals surface area contributed by atoms with Crippen molar-refractivity contribution in [3.05, 3.63) is 58.6 Å². The maximum absolute atomic E-state index is 12.3. The van der Waals surface area contributed by atoms with Gasteiger partial charge in [0.05, 0.1) is 10.0 Å². The first kappa shape index (κ1) is 15.7. The van der Waals surface area contributed by atoms with Crippen molar-refractivity contribution >= 4 is 40.5 Å². The lowest BCUT2D eigenvalue weighted by molar-refractivity contribution is -0.116. The number of hydrogen-bond acceptors (Lipinski definition) is 2. The van der Waals surface area contributed by atoms with Crippen molar-refractivity contribution in [1.29, 1.82) is 0 Å². The lowest BCUT2D eigenvalue weighted by Gasteiger charge is -2.18. The van der Waals surface area contributed by atoms with Crippen LogP contribution in [0.2, 0.25) is 10.0 Å². The van der Waals surface area contributed by atoms with Crippen LogP contribution in [0.15, 0.2) is 48.5 Å². The molecule has 0 saturated heterocycles. The smallest absolute Gasteiger partial charge is 0.246 e. The van der Waals surface area contributed by atoms with Gasteiger partial charge in [0.1, 0.15) is 6.04 Å². The second-order valence-corrected chi connectivity index (χ2v) is 5.40. The van der Waals surface area contributed by atoms with E-state index < -0.39 is 0 Å². The summed E-state index contributed by atoms with van der Waals surface area (Å²) in [5, 5.41) is 6.99. The van der Waals surface area contributed by atoms with Gasteiger partial charge in [-0.2, -0.15) is 0 Å². The summed E-state index contributed by atoms with van der Waals surface area (Å²) < 4.78 is 0. The summed E-state index contributed by atoms with van der Waals surface area (Å²) in [5.41, 5.74) is 1.54. The number of amides is 1. The van der Waals surface area contributed by atoms with Crippen LogP contribution < -0.4 is 10.6 Å². The molecule has 3 nitrogen and oxygen atoms in total. The molecule has 2 N–H and O–H groups in total. The second kappa shape index (κ2) is 7.34. The Morgan fingerprint density at radius 1 is 1.05 bits per heavy atom. The Kier molecular flexibility index (Phi) is 5.48. The lowest BCUT2D eigenvalue weighted by atomic mass is 10.2. The molecule has 2 aromatic carbocycles. The van der Waals surface area contributed by atoms with Gasteiger partial charge in [-0.1, -0.05) is 48.3 Å². The normalized spacial score (nSPS) is 11.8. The zero-order chi connectivity index (χ0) is 15.2. The molecule has 0 aliphatic rings. The molecule has 0 heterocycles. The fourth-order valence-electron chi connectivity index (χ4n) is 1.89. The van der Waals surface area contributed by atoms with Crippen molar-refractivity contribution in [3.8, 4) is 0 Å². The predicted molar refractivity (Wildman–Crippen MR) is 89.2 cm³/mol. The Balaban J connectivity index is 2.05. The highest BCUT2D eigenvalue weighted by atomic mass is 35.5. The molecule has 21 heavy (non-hydrogen) atoms. The number of halogens is 2. The summed E-state index contributed by atoms with van der Waals surface area (Å²) in [7, 11) is 0. The first-order valence-corrected chi connectivity index (χ1v) is 7.43. The molecule has 1 atom stereocenters. The van der Waals surface area contributed by atoms with E-state index in [2.05, 4.69) is 10.6 Å². The van der Waals surface area contributed by atoms with E-state index in [0.29, 0.717) is 16.5 Å². The number of anilines is 2. The number of para-hydroxylation sites is 1. The average Bonchev–Trinajstić information content (AvgIpc) is 2.49. The molecule has 0 spiro atoms. The van der Waals surface area contributed by atoms with Gasteiger partial charge in [0, 0.05) is 11.4 Å². The molecule has 0 aliphatic heterocycles. The maximum atomic E-state index is 12.3. The van der Waals surface area contributed by atoms with Gasteiger partial charge in [0.15, 0.2) is 0 Å². The first-order valence-electron chi connectivity index (χ1n) is 6.67. The summed E-state index contributed by atoms with van der Waals surface area (Å²) in [4.78, 5) is 12.3. The average molecular weight is 323 g/mol. The minimum Gasteiger partial charge on any atom is -0.374 e. The monoisotopic (exact) mass is 322 g/mol. The maximum Gasteiger partial charge on any atom is 0.246 e. The van der Waals surface area contributed by atoms with Crippen LogP contribution in [-0.4, -0.2) is 11.9 Å². The number of benzene rings is 2. The van der Waals surface area contributed by atoms with E-state index in [-0.39, 0.29) is 11.9 Å². The SMILES string of the molecule is CC[C@@H](Nc1ccc(Cl)c(Cl)c1)C(=O)Nc1ccccc1. The minimum atomic E-state index is -0.345. The highest BCUT2D eigenvalue weighted by Gasteiger charge is 2.16. The third-order valence-electron chi connectivity index (χ3n) is 3.03. The standard InChI is InChI=1S/C16H16Cl2N2O/c1-2-15(16(21)20-11-6-4-3-5-7-11)19-12-8-9-13(17)14(18)10-12/h3-10,15,19H,2H2,1H3,(H,20,21)/t15-/m1/s1. The number of hydrogen-bond donors (Lipinski definition) is 2. The number of carbonyl (C=O) groups is 1. The van der Waals surface area contributed by atoms with Gasteiger partial charge in [-0.05, 0) is 36.8 Å². The molecule has 0 radical (unpaired) electrons. The molecule has 2 aromatic rings. The van der Waals surface area contributed by atoms with E-state index in [1.807, 2.05) is 37.3 Å². The van der Waals surface area contributed by atoms with Crippen molar-refractivity contribution in [2.24, 2.45) is 0 Å². The second-order valence-electron chi connectivity index (χ2n) is 4.59. The van der Waals surface area contributed by atoms with Crippen LogP contribution in [0.1, 0.15) is 13.3 Å². The molecule has 110 valence electrons. The van der Waals surface area contributed by atoms with Gasteiger partial charge in [-0.15, -0.1) is 0 Å². The number of nitrogens with one attached hydrogen (secondary N) is 2. The van der Waals surface area contributed by atoms with Crippen LogP contribution in [0.4, 0.5) is 11.4 Å². The third-order valence-corrected chi connectivity index (χ3v) is 3.77. The first-order chi connectivity index (χ1) is 10.1. The highest BCUT2D eigenvalue weighted by molar-refractivity contribution is 6.42. The summed E-state index contributed by atoms with van der Waals surface area (Å²) in [6.45, 7) is 1.94. The summed E-state index contributed by atoms with van der Waals surface area (Å²) >= 11 is 11.9. The van der Waals surface area contributed by atoms with E-state index in [0.717, 1.165) is 11.4 Å². The molecule has 1 amide bonds. The van der Waals surface area contributed by atoms with Gasteiger partial charge < -0.3 is 10.6 Å². The van der Waals surface area contributed by atoms with Crippen molar-refractivity contribution in [2.75, 3.05) is 10.6 Å². The Bertz CT molecular complexity index is 617. The largest absolute Gasteiger partial charge is 0.374 e. The van der Waals surface area contributed by atoms with Crippen LogP contribution in [-0.2, 0) is 4.79 Å². The van der Waals surface area contributed by atoms with E-state index in [1.54, 1.807) is 18.2 Å². The minimum absolute atomic E-state index is 0.0882. The fourth-order valence-corrected chi connectivity index (χ4v) is 2.19. The Hall–Kier alpha value is -1.71. The van der Waals surface area contributed by atoms with E-state index >= 15 is 0 Å². The predicted octanol–water partition coefficient (Wildman–Crippen LogP) is 4.82. The Morgan fingerprint density at radius 3 is 2.38 bits per heavy atom. The van der Waals surface area contributed by atoms with E-state index in [1.165, 1.54) is 0 Å². The lowest BCUT2D eigenvalue weighted by Crippen LogP contribution is -2.34. The van der Waals surface area contributed by atoms with Crippen LogP contribution in [0.25, 0.3) is 0 Å². The third kappa shape index (κ3) is 4.38. The van der Waals surface area contributed by atoms with Crippen LogP contribution in [0.3, 0.4) is 0 Å². The van der Waals surface area contributed by atoms with Gasteiger partial charge >= 0.3 is 0 Å². The Labute approximate surface area is 134 Å². The summed E-state index contributed by atoms with van der Waals surface area (Å²) in [5.74, 6) is -0.0882. The molecule has 0 bridgehead atoms. The zero-order valence-electron chi connectivity index (χ0n) is 11.6. The van der Waals surface area contributed by atoms with Crippen molar-refractivity contribution in [3.63, 3.8) is 0 Å². The molecule has 0 aromatic heterocycles. The van der Waals surface area contributed by atoms with E-state index in [9.17, 15) is 4.79 Å². The van der Waals surface area contributed by atoms with Crippen LogP contribution >= 0.6 is 23.2 Å². The molecule has 2 rings (SSSR count). The molecular formula is C16H16Cl2N2O. The highest BCUT2D eigenvalue weighted by Crippen LogP contribution is 2.25. The summed E-state index contributed by atoms with van der Waals surface area (Å²) in [6.07, 6.45) is 0.652. The van der Waals surface area contributed by atoms with Crippen LogP contribution in [0.5, 0.6) is 0 Å². The molecule has 0 unspecified atom stereocenters. The molecule has 0 saturated carbocycles. The molecule has 0 fully saturated rings. The van der Waals surface area contributed by atoms with Gasteiger partial charge in [0.25, 0.3) is 0 Å². The fraction of sp³-hybridized carbons (Fsp3) is 0.188. The van der Waals surface area contributed by atoms with Crippen molar-refractivity contribution < 1.29 is 4.79 Å². The molecule has 5 heteroatoms. The molecular weight excluding hydrogens is 307 g/mol. The van der Waals surface area contributed by atoms with Crippen molar-refractivity contribution in [2.45, 2.75) is 19.4 Å². The van der Waals surface area contributed by atoms with E-state index in [4.69, 9.17) is 23.2 Å². The van der Waals surface area contributed by atoms with Crippen LogP contribution in [0, 0.1) is 0 Å². The summed E-state index contributed by atoms with van der Waals surface area (Å²) in [6, 6.07) is 14.2. The van der Waals surface area contributed by atoms with Gasteiger partial charge in [0.2, 0.25) is 5.91 Å². The number of rotatable bonds is 5. The quantitative estimate of drug-likeness (QED) is 0.828. The Morgan fingerprint density at radius 2 is 1.76 bits per heavy atom. The zero-order valence-corrected chi connectivity index (χ0v) is 13.1. The van der Waals surface area contributed by atoms with Gasteiger partial charge in [-0.3, -0.25) is 4.79 Å². The van der Waals surface area contributed by atoms with Gasteiger partial charge in [-0.25, -0.2) is 0 Å². The topological polar surface area (TPSA) is 41.1 Å². The van der Waals surface area contributed by atoms with Crippen molar-refractivity contribution in [1.82, 2.24) is 0 Å². The number of carbonyl (C=O) groups excluding carboxylic acids is 1.